The van der Waals surface area contributed by atoms with Crippen LogP contribution >= 0.6 is 29.0 Å². The summed E-state index contributed by atoms with van der Waals surface area (Å²) in [4.78, 5) is 1.11. The number of halogens is 1. The maximum atomic E-state index is 7.88. The van der Waals surface area contributed by atoms with Gasteiger partial charge in [-0.2, -0.15) is 0 Å². The molecule has 4 rings (SSSR count). The van der Waals surface area contributed by atoms with Crippen molar-refractivity contribution in [2.75, 3.05) is 0 Å². The molecule has 0 unspecified atom stereocenters. The van der Waals surface area contributed by atoms with E-state index < -0.39 is 5.96 Å². The van der Waals surface area contributed by atoms with Gasteiger partial charge in [-0.3, -0.25) is 0 Å². The van der Waals surface area contributed by atoms with Gasteiger partial charge in [-0.25, -0.2) is 0 Å². The molecular formula is C26H20ClPS. The van der Waals surface area contributed by atoms with E-state index in [0.717, 1.165) is 20.8 Å². The molecule has 0 amide bonds. The predicted octanol–water partition coefficient (Wildman–Crippen LogP) is 6.38. The molecule has 4 aromatic rings. The summed E-state index contributed by atoms with van der Waals surface area (Å²) < 4.78 is 0. The van der Waals surface area contributed by atoms with Gasteiger partial charge in [0.1, 0.15) is 0 Å². The van der Waals surface area contributed by atoms with E-state index in [1.807, 2.05) is 72.8 Å². The van der Waals surface area contributed by atoms with Gasteiger partial charge in [0.15, 0.2) is 0 Å². The van der Waals surface area contributed by atoms with E-state index in [9.17, 15) is 0 Å². The van der Waals surface area contributed by atoms with Crippen LogP contribution in [0.4, 0.5) is 0 Å². The van der Waals surface area contributed by atoms with Crippen LogP contribution in [-0.2, 0) is 0 Å². The first-order chi connectivity index (χ1) is 14.2. The number of benzene rings is 4. The Bertz CT molecular complexity index is 1030. The van der Waals surface area contributed by atoms with Gasteiger partial charge in [-0.15, -0.1) is 0 Å². The first-order valence-electron chi connectivity index (χ1n) is 9.36. The van der Waals surface area contributed by atoms with Crippen molar-refractivity contribution in [2.24, 2.45) is 0 Å². The van der Waals surface area contributed by atoms with E-state index in [2.05, 4.69) is 59.4 Å². The molecule has 0 fully saturated rings. The molecule has 0 aliphatic carbocycles. The molecule has 0 saturated heterocycles. The van der Waals surface area contributed by atoms with Gasteiger partial charge in [-0.1, -0.05) is 0 Å². The Morgan fingerprint density at radius 1 is 0.517 bits per heavy atom. The van der Waals surface area contributed by atoms with Crippen LogP contribution in [0.1, 0.15) is 0 Å². The molecule has 3 heteroatoms. The third-order valence-corrected chi connectivity index (χ3v) is 12.1. The van der Waals surface area contributed by atoms with Crippen molar-refractivity contribution in [3.63, 3.8) is 0 Å². The van der Waals surface area contributed by atoms with E-state index in [4.69, 9.17) is 11.2 Å². The van der Waals surface area contributed by atoms with Crippen molar-refractivity contribution >= 4 is 44.9 Å². The number of rotatable bonds is 4. The van der Waals surface area contributed by atoms with Crippen LogP contribution in [0.5, 0.6) is 0 Å². The number of hydrogen-bond donors (Lipinski definition) is 0. The fourth-order valence-corrected chi connectivity index (χ4v) is 9.50. The molecule has 0 bridgehead atoms. The molecule has 0 aliphatic rings. The summed E-state index contributed by atoms with van der Waals surface area (Å²) in [5, 5.41) is 6.53. The SMILES string of the molecule is ClP(C#CSc1ccccc1)(c1ccccc1)(c1ccccc1)c1ccccc1. The summed E-state index contributed by atoms with van der Waals surface area (Å²) in [5.74, 6) is -3.50. The van der Waals surface area contributed by atoms with E-state index in [0.29, 0.717) is 0 Å². The van der Waals surface area contributed by atoms with Crippen molar-refractivity contribution in [3.05, 3.63) is 121 Å². The Morgan fingerprint density at radius 2 is 0.862 bits per heavy atom. The van der Waals surface area contributed by atoms with E-state index in [1.54, 1.807) is 0 Å². The quantitative estimate of drug-likeness (QED) is 0.205. The Balaban J connectivity index is 2.00. The average Bonchev–Trinajstić information content (AvgIpc) is 2.81. The van der Waals surface area contributed by atoms with Gasteiger partial charge < -0.3 is 0 Å². The van der Waals surface area contributed by atoms with Crippen LogP contribution < -0.4 is 15.9 Å². The average molecular weight is 431 g/mol. The molecule has 0 heterocycles. The van der Waals surface area contributed by atoms with E-state index >= 15 is 0 Å². The van der Waals surface area contributed by atoms with Gasteiger partial charge in [0.05, 0.1) is 0 Å². The molecule has 0 aromatic heterocycles. The van der Waals surface area contributed by atoms with Gasteiger partial charge in [-0.05, 0) is 0 Å². The number of thioether (sulfide) groups is 1. The van der Waals surface area contributed by atoms with Crippen LogP contribution in [0, 0.1) is 10.9 Å². The van der Waals surface area contributed by atoms with Gasteiger partial charge >= 0.3 is 182 Å². The van der Waals surface area contributed by atoms with Crippen LogP contribution in [0.15, 0.2) is 126 Å². The minimum atomic E-state index is -3.50. The maximum absolute atomic E-state index is 7.88. The van der Waals surface area contributed by atoms with Crippen molar-refractivity contribution in [3.8, 4) is 10.9 Å². The summed E-state index contributed by atoms with van der Waals surface area (Å²) in [6.45, 7) is 0. The summed E-state index contributed by atoms with van der Waals surface area (Å²) in [6.07, 6.45) is 0. The molecule has 0 N–H and O–H groups in total. The van der Waals surface area contributed by atoms with Crippen LogP contribution in [0.25, 0.3) is 0 Å². The normalized spacial score (nSPS) is 12.2. The second-order valence-corrected chi connectivity index (χ2v) is 13.3. The topological polar surface area (TPSA) is 0 Å². The molecule has 142 valence electrons. The van der Waals surface area contributed by atoms with Crippen LogP contribution in [0.2, 0.25) is 0 Å². The fraction of sp³-hybridized carbons (Fsp3) is 0. The zero-order valence-corrected chi connectivity index (χ0v) is 18.2. The first kappa shape index (κ1) is 19.8. The molecule has 0 aliphatic heterocycles. The minimum absolute atomic E-state index is 1.05. The molecule has 4 aromatic carbocycles. The number of hydrogen-bond acceptors (Lipinski definition) is 1. The van der Waals surface area contributed by atoms with Crippen molar-refractivity contribution < 1.29 is 0 Å². The molecule has 0 nitrogen and oxygen atoms in total. The summed E-state index contributed by atoms with van der Waals surface area (Å²) in [5.41, 5.74) is 3.62. The van der Waals surface area contributed by atoms with Crippen molar-refractivity contribution in [1.29, 1.82) is 0 Å². The zero-order valence-electron chi connectivity index (χ0n) is 15.8. The molecule has 29 heavy (non-hydrogen) atoms. The Kier molecular flexibility index (Phi) is 5.79. The summed E-state index contributed by atoms with van der Waals surface area (Å²) >= 11 is 9.40. The second kappa shape index (κ2) is 8.48. The summed E-state index contributed by atoms with van der Waals surface area (Å²) in [7, 11) is 0. The standard InChI is InChI=1S/C26H20ClPS/c27-28(23-13-5-1-6-14-23,24-15-7-2-8-16-24,25-17-9-3-10-18-25)21-22-29-26-19-11-4-12-20-26/h1-20H. The molecule has 0 saturated carbocycles. The van der Waals surface area contributed by atoms with Crippen LogP contribution in [0.3, 0.4) is 0 Å². The second-order valence-electron chi connectivity index (χ2n) is 6.64. The molecule has 0 spiro atoms. The van der Waals surface area contributed by atoms with Gasteiger partial charge in [0.2, 0.25) is 0 Å². The van der Waals surface area contributed by atoms with Crippen molar-refractivity contribution in [2.45, 2.75) is 4.90 Å². The third-order valence-electron chi connectivity index (χ3n) is 4.89. The molecular weight excluding hydrogens is 411 g/mol. The predicted molar refractivity (Wildman–Crippen MR) is 131 cm³/mol. The van der Waals surface area contributed by atoms with Gasteiger partial charge in [0.25, 0.3) is 0 Å². The third kappa shape index (κ3) is 3.73. The first-order valence-corrected chi connectivity index (χ1v) is 13.3. The Labute approximate surface area is 181 Å². The van der Waals surface area contributed by atoms with Crippen molar-refractivity contribution in [1.82, 2.24) is 0 Å². The van der Waals surface area contributed by atoms with Gasteiger partial charge in [0, 0.05) is 0 Å². The fourth-order valence-electron chi connectivity index (χ4n) is 3.42. The summed E-state index contributed by atoms with van der Waals surface area (Å²) in [6, 6.07) is 41.1. The van der Waals surface area contributed by atoms with Crippen LogP contribution in [-0.4, -0.2) is 0 Å². The Morgan fingerprint density at radius 3 is 1.24 bits per heavy atom. The Hall–Kier alpha value is -2.49. The monoisotopic (exact) mass is 430 g/mol. The zero-order chi connectivity index (χ0) is 20.0. The van der Waals surface area contributed by atoms with E-state index in [1.165, 1.54) is 11.8 Å². The van der Waals surface area contributed by atoms with E-state index in [-0.39, 0.29) is 0 Å². The molecule has 0 atom stereocenters. The molecule has 0 radical (unpaired) electrons.